The number of rotatable bonds is 15. The quantitative estimate of drug-likeness (QED) is 0.0991. The number of nitrogens with one attached hydrogen (secondary N) is 1. The Bertz CT molecular complexity index is 1980. The Morgan fingerprint density at radius 3 is 1.53 bits per heavy atom. The molecule has 0 fully saturated rings. The van der Waals surface area contributed by atoms with Gasteiger partial charge in [0.05, 0.1) is 13.2 Å². The molecule has 6 aromatic rings. The minimum atomic E-state index is -0.311. The molecule has 0 amide bonds. The molecule has 1 N–H and O–H groups in total. The second-order valence-electron chi connectivity index (χ2n) is 12.5. The van der Waals surface area contributed by atoms with E-state index in [0.29, 0.717) is 73.0 Å². The number of nitrogens with zero attached hydrogens (tertiary/aromatic N) is 6. The predicted octanol–water partition coefficient (Wildman–Crippen LogP) is 12.2. The summed E-state index contributed by atoms with van der Waals surface area (Å²) < 4.78 is 48.1. The van der Waals surface area contributed by atoms with Gasteiger partial charge in [-0.15, -0.1) is 0 Å². The van der Waals surface area contributed by atoms with Crippen molar-refractivity contribution in [3.8, 4) is 17.2 Å². The van der Waals surface area contributed by atoms with Gasteiger partial charge in [-0.1, -0.05) is 85.2 Å². The predicted molar refractivity (Wildman–Crippen MR) is 246 cm³/mol. The lowest BCUT2D eigenvalue weighted by Gasteiger charge is -2.10. The van der Waals surface area contributed by atoms with Crippen molar-refractivity contribution in [2.24, 2.45) is 0 Å². The van der Waals surface area contributed by atoms with Crippen LogP contribution in [0.2, 0.25) is 5.02 Å². The number of hydrogen-bond acceptors (Lipinski definition) is 11. The van der Waals surface area contributed by atoms with Crippen molar-refractivity contribution in [3.05, 3.63) is 154 Å². The molecule has 0 saturated carbocycles. The average molecular weight is 877 g/mol. The van der Waals surface area contributed by atoms with Crippen LogP contribution in [-0.2, 0) is 18.0 Å². The van der Waals surface area contributed by atoms with Gasteiger partial charge in [-0.3, -0.25) is 0 Å². The molecule has 14 heteroatoms. The van der Waals surface area contributed by atoms with Crippen molar-refractivity contribution in [1.82, 2.24) is 29.9 Å². The number of halogens is 3. The number of aryl methyl sites for hydroxylation is 3. The Hall–Kier alpha value is -5.79. The first-order chi connectivity index (χ1) is 30.1. The van der Waals surface area contributed by atoms with E-state index in [1.54, 1.807) is 61.3 Å². The van der Waals surface area contributed by atoms with Gasteiger partial charge >= 0.3 is 0 Å². The molecule has 62 heavy (non-hydrogen) atoms. The van der Waals surface area contributed by atoms with E-state index in [-0.39, 0.29) is 18.2 Å². The fourth-order valence-corrected chi connectivity index (χ4v) is 4.77. The van der Waals surface area contributed by atoms with Crippen LogP contribution >= 0.6 is 11.6 Å². The number of aromatic nitrogens is 6. The summed E-state index contributed by atoms with van der Waals surface area (Å²) >= 11 is 5.89. The first-order valence-corrected chi connectivity index (χ1v) is 21.3. The molecule has 336 valence electrons. The molecule has 0 bridgehead atoms. The Morgan fingerprint density at radius 1 is 0.565 bits per heavy atom. The van der Waals surface area contributed by atoms with E-state index >= 15 is 0 Å². The van der Waals surface area contributed by atoms with Gasteiger partial charge in [0.25, 0.3) is 0 Å². The number of ether oxygens (including phenoxy) is 4. The third-order valence-electron chi connectivity index (χ3n) is 7.69. The van der Waals surface area contributed by atoms with Crippen LogP contribution in [0.1, 0.15) is 95.3 Å². The average Bonchev–Trinajstić information content (AvgIpc) is 3.31. The van der Waals surface area contributed by atoms with E-state index in [4.69, 9.17) is 30.5 Å². The van der Waals surface area contributed by atoms with Gasteiger partial charge in [0.2, 0.25) is 5.95 Å². The second kappa shape index (κ2) is 32.9. The normalized spacial score (nSPS) is 9.73. The topological polar surface area (TPSA) is 126 Å². The molecule has 0 aliphatic rings. The van der Waals surface area contributed by atoms with Crippen molar-refractivity contribution >= 4 is 17.5 Å². The highest BCUT2D eigenvalue weighted by Gasteiger charge is 2.06. The summed E-state index contributed by atoms with van der Waals surface area (Å²) in [6.45, 7) is 24.4. The molecule has 3 aromatic heterocycles. The molecule has 0 spiro atoms. The van der Waals surface area contributed by atoms with Gasteiger partial charge in [-0.25, -0.2) is 38.7 Å². The van der Waals surface area contributed by atoms with Crippen molar-refractivity contribution in [2.75, 3.05) is 31.7 Å². The van der Waals surface area contributed by atoms with Crippen molar-refractivity contribution in [1.29, 1.82) is 0 Å². The van der Waals surface area contributed by atoms with Crippen LogP contribution in [0.15, 0.2) is 104 Å². The molecule has 11 nitrogen and oxygen atoms in total. The third kappa shape index (κ3) is 22.2. The minimum absolute atomic E-state index is 0.241. The summed E-state index contributed by atoms with van der Waals surface area (Å²) in [5.41, 5.74) is 3.84. The van der Waals surface area contributed by atoms with Crippen LogP contribution in [-0.4, -0.2) is 56.3 Å². The van der Waals surface area contributed by atoms with Crippen molar-refractivity contribution < 1.29 is 27.7 Å². The second-order valence-corrected chi connectivity index (χ2v) is 12.9. The highest BCUT2D eigenvalue weighted by atomic mass is 35.5. The van der Waals surface area contributed by atoms with E-state index in [9.17, 15) is 8.78 Å². The monoisotopic (exact) mass is 875 g/mol. The molecular weight excluding hydrogens is 812 g/mol. The van der Waals surface area contributed by atoms with Crippen molar-refractivity contribution in [3.63, 3.8) is 0 Å². The lowest BCUT2D eigenvalue weighted by Crippen LogP contribution is -2.15. The molecule has 0 saturated heterocycles. The lowest BCUT2D eigenvalue weighted by atomic mass is 10.1. The third-order valence-corrected chi connectivity index (χ3v) is 7.92. The summed E-state index contributed by atoms with van der Waals surface area (Å²) in [5, 5.41) is 3.79. The molecule has 0 aliphatic carbocycles. The van der Waals surface area contributed by atoms with Crippen LogP contribution in [0.3, 0.4) is 0 Å². The number of anilines is 1. The Balaban J connectivity index is 0.000000449. The summed E-state index contributed by atoms with van der Waals surface area (Å²) in [4.78, 5) is 24.8. The zero-order valence-electron chi connectivity index (χ0n) is 38.1. The van der Waals surface area contributed by atoms with Crippen LogP contribution in [0, 0.1) is 32.4 Å². The Morgan fingerprint density at radius 2 is 1.03 bits per heavy atom. The van der Waals surface area contributed by atoms with E-state index in [1.807, 2.05) is 80.5 Å². The first kappa shape index (κ1) is 54.2. The highest BCUT2D eigenvalue weighted by molar-refractivity contribution is 6.30. The van der Waals surface area contributed by atoms with E-state index < -0.39 is 0 Å². The van der Waals surface area contributed by atoms with Crippen LogP contribution in [0.25, 0.3) is 0 Å². The smallest absolute Gasteiger partial charge is 0.222 e. The fourth-order valence-electron chi connectivity index (χ4n) is 4.61. The summed E-state index contributed by atoms with van der Waals surface area (Å²) in [5.74, 6) is 3.43. The van der Waals surface area contributed by atoms with Gasteiger partial charge in [0.1, 0.15) is 48.7 Å². The molecule has 3 aromatic carbocycles. The van der Waals surface area contributed by atoms with Gasteiger partial charge in [0.15, 0.2) is 11.6 Å². The largest absolute Gasteiger partial charge is 0.491 e. The zero-order valence-corrected chi connectivity index (χ0v) is 38.8. The summed E-state index contributed by atoms with van der Waals surface area (Å²) in [6, 6.07) is 19.9. The molecular formula is C48H64ClF2N7O4. The van der Waals surface area contributed by atoms with E-state index in [1.165, 1.54) is 24.3 Å². The van der Waals surface area contributed by atoms with Crippen LogP contribution in [0.5, 0.6) is 17.2 Å². The van der Waals surface area contributed by atoms with Crippen molar-refractivity contribution in [2.45, 2.75) is 95.3 Å². The van der Waals surface area contributed by atoms with Gasteiger partial charge in [-0.2, -0.15) is 0 Å². The van der Waals surface area contributed by atoms with Gasteiger partial charge in [0, 0.05) is 60.4 Å². The first-order valence-electron chi connectivity index (χ1n) is 20.9. The Labute approximate surface area is 372 Å². The fraction of sp³-hybridized carbons (Fsp3) is 0.375. The minimum Gasteiger partial charge on any atom is -0.491 e. The molecule has 0 radical (unpaired) electrons. The number of benzene rings is 3. The molecule has 0 aliphatic heterocycles. The van der Waals surface area contributed by atoms with E-state index in [2.05, 4.69) is 49.1 Å². The SMILES string of the molecule is CC.CC.CC.Cc1ccc(Cl)cc1OCc1ncccn1.Cc1ccc(F)cc1OCCOCCNc1nccc(C(C)C)n1.Cc1ccc(F)cc1OCc1ncccn1. The van der Waals surface area contributed by atoms with Gasteiger partial charge < -0.3 is 24.3 Å². The molecule has 3 heterocycles. The molecule has 0 unspecified atom stereocenters. The number of hydrogen-bond donors (Lipinski definition) is 1. The van der Waals surface area contributed by atoms with Gasteiger partial charge in [-0.05, 0) is 85.8 Å². The maximum Gasteiger partial charge on any atom is 0.222 e. The highest BCUT2D eigenvalue weighted by Crippen LogP contribution is 2.23. The lowest BCUT2D eigenvalue weighted by molar-refractivity contribution is 0.107. The van der Waals surface area contributed by atoms with Crippen LogP contribution in [0.4, 0.5) is 14.7 Å². The van der Waals surface area contributed by atoms with Crippen LogP contribution < -0.4 is 19.5 Å². The zero-order chi connectivity index (χ0) is 46.1. The maximum atomic E-state index is 13.1. The molecule has 6 rings (SSSR count). The summed E-state index contributed by atoms with van der Waals surface area (Å²) in [7, 11) is 0. The standard InChI is InChI=1S/C18H24FN3O2.C12H11ClN2O.C12H11FN2O.3C2H6/c1-13(2)16-6-7-20-18(22-16)21-8-9-23-10-11-24-17-12-15(19)5-4-14(17)3;2*1-9-3-4-10(13)7-11(9)16-8-12-14-5-2-6-15-12;3*1-2/h4-7,12-13H,8-11H2,1-3H3,(H,20,21,22);2*2-7H,8H2,1H3;3*1-2H3. The van der Waals surface area contributed by atoms with E-state index in [0.717, 1.165) is 28.1 Å². The molecule has 0 atom stereocenters. The maximum absolute atomic E-state index is 13.1. The summed E-state index contributed by atoms with van der Waals surface area (Å²) in [6.07, 6.45) is 8.42. The Kier molecular flexibility index (Phi) is 28.8.